The summed E-state index contributed by atoms with van der Waals surface area (Å²) in [4.78, 5) is 4.71. The maximum absolute atomic E-state index is 13.4. The summed E-state index contributed by atoms with van der Waals surface area (Å²) in [5, 5.41) is 13.6. The standard InChI is InChI=1S/C26H30F3N5/c1-16-21(6-5-7-23(16)26(27,28)29)17(2)31-24-22-10-19(9-8-18(22)13-30-32-24)34-14-25(15-34)11-20(12-25)33(3)4/h5-10,13,17,20H,11-12,14-15H2,1-4H3,(H,31,32). The number of benzene rings is 2. The van der Waals surface area contributed by atoms with Gasteiger partial charge >= 0.3 is 6.18 Å². The SMILES string of the molecule is Cc1c(C(C)Nc2nncc3ccc(N4CC5(CC(N(C)C)C5)C4)cc23)cccc1C(F)(F)F. The number of hydrogen-bond acceptors (Lipinski definition) is 5. The highest BCUT2D eigenvalue weighted by atomic mass is 19.4. The summed E-state index contributed by atoms with van der Waals surface area (Å²) in [7, 11) is 4.30. The van der Waals surface area contributed by atoms with Gasteiger partial charge in [0.05, 0.1) is 17.8 Å². The van der Waals surface area contributed by atoms with E-state index in [1.807, 2.05) is 13.0 Å². The minimum absolute atomic E-state index is 0.228. The highest BCUT2D eigenvalue weighted by Crippen LogP contribution is 2.51. The molecule has 2 aliphatic rings. The monoisotopic (exact) mass is 469 g/mol. The first-order valence-corrected chi connectivity index (χ1v) is 11.7. The number of fused-ring (bicyclic) bond motifs is 1. The maximum atomic E-state index is 13.4. The summed E-state index contributed by atoms with van der Waals surface area (Å²) in [6.45, 7) is 5.49. The van der Waals surface area contributed by atoms with Crippen molar-refractivity contribution in [3.63, 3.8) is 0 Å². The molecule has 0 radical (unpaired) electrons. The third kappa shape index (κ3) is 3.98. The Morgan fingerprint density at radius 1 is 1.15 bits per heavy atom. The van der Waals surface area contributed by atoms with Gasteiger partial charge in [-0.2, -0.15) is 18.3 Å². The van der Waals surface area contributed by atoms with Crippen molar-refractivity contribution in [1.29, 1.82) is 0 Å². The molecule has 0 amide bonds. The third-order valence-corrected chi connectivity index (χ3v) is 7.63. The topological polar surface area (TPSA) is 44.3 Å². The average Bonchev–Trinajstić information content (AvgIpc) is 2.71. The van der Waals surface area contributed by atoms with Crippen molar-refractivity contribution in [2.45, 2.75) is 44.9 Å². The van der Waals surface area contributed by atoms with Crippen LogP contribution in [0, 0.1) is 12.3 Å². The van der Waals surface area contributed by atoms with Gasteiger partial charge in [0.25, 0.3) is 0 Å². The largest absolute Gasteiger partial charge is 0.416 e. The first kappa shape index (κ1) is 22.9. The lowest BCUT2D eigenvalue weighted by Crippen LogP contribution is -2.66. The molecule has 3 aromatic rings. The van der Waals surface area contributed by atoms with Gasteiger partial charge in [-0.15, -0.1) is 5.10 Å². The lowest BCUT2D eigenvalue weighted by molar-refractivity contribution is -0.138. The van der Waals surface area contributed by atoms with Crippen molar-refractivity contribution < 1.29 is 13.2 Å². The summed E-state index contributed by atoms with van der Waals surface area (Å²) >= 11 is 0. The van der Waals surface area contributed by atoms with E-state index in [1.165, 1.54) is 25.8 Å². The van der Waals surface area contributed by atoms with E-state index in [-0.39, 0.29) is 11.6 Å². The second-order valence-corrected chi connectivity index (χ2v) is 10.2. The van der Waals surface area contributed by atoms with Crippen LogP contribution in [0.4, 0.5) is 24.7 Å². The number of aromatic nitrogens is 2. The Balaban J connectivity index is 1.37. The van der Waals surface area contributed by atoms with Gasteiger partial charge in [-0.3, -0.25) is 0 Å². The van der Waals surface area contributed by atoms with Gasteiger partial charge in [-0.1, -0.05) is 18.2 Å². The third-order valence-electron chi connectivity index (χ3n) is 7.63. The summed E-state index contributed by atoms with van der Waals surface area (Å²) < 4.78 is 40.1. The number of nitrogens with zero attached hydrogens (tertiary/aromatic N) is 4. The molecule has 8 heteroatoms. The molecule has 34 heavy (non-hydrogen) atoms. The second-order valence-electron chi connectivity index (χ2n) is 10.2. The molecule has 0 bridgehead atoms. The zero-order valence-corrected chi connectivity index (χ0v) is 19.9. The quantitative estimate of drug-likeness (QED) is 0.522. The lowest BCUT2D eigenvalue weighted by atomic mass is 9.60. The van der Waals surface area contributed by atoms with E-state index >= 15 is 0 Å². The first-order chi connectivity index (χ1) is 16.1. The number of rotatable bonds is 5. The molecule has 1 saturated heterocycles. The van der Waals surface area contributed by atoms with Crippen LogP contribution < -0.4 is 10.2 Å². The van der Waals surface area contributed by atoms with Gasteiger partial charge in [-0.05, 0) is 70.1 Å². The van der Waals surface area contributed by atoms with E-state index in [1.54, 1.807) is 12.3 Å². The Bertz CT molecular complexity index is 1210. The number of halogens is 3. The van der Waals surface area contributed by atoms with Crippen LogP contribution in [0.3, 0.4) is 0 Å². The summed E-state index contributed by atoms with van der Waals surface area (Å²) in [5.41, 5.74) is 1.80. The molecule has 1 atom stereocenters. The van der Waals surface area contributed by atoms with E-state index in [2.05, 4.69) is 51.5 Å². The fraction of sp³-hybridized carbons (Fsp3) is 0.462. The van der Waals surface area contributed by atoms with Crippen LogP contribution >= 0.6 is 0 Å². The molecule has 2 fully saturated rings. The second kappa shape index (κ2) is 8.12. The van der Waals surface area contributed by atoms with E-state index in [0.29, 0.717) is 22.8 Å². The molecule has 1 aliphatic heterocycles. The van der Waals surface area contributed by atoms with Gasteiger partial charge in [0, 0.05) is 41.0 Å². The number of alkyl halides is 3. The summed E-state index contributed by atoms with van der Waals surface area (Å²) in [6, 6.07) is 10.9. The number of anilines is 2. The van der Waals surface area contributed by atoms with Crippen molar-refractivity contribution in [2.75, 3.05) is 37.4 Å². The zero-order chi connectivity index (χ0) is 24.3. The molecule has 2 heterocycles. The van der Waals surface area contributed by atoms with Crippen LogP contribution in [0.1, 0.15) is 42.5 Å². The lowest BCUT2D eigenvalue weighted by Gasteiger charge is -2.61. The van der Waals surface area contributed by atoms with Crippen molar-refractivity contribution in [2.24, 2.45) is 5.41 Å². The van der Waals surface area contributed by atoms with Gasteiger partial charge in [0.1, 0.15) is 0 Å². The molecule has 5 nitrogen and oxygen atoms in total. The molecular weight excluding hydrogens is 439 g/mol. The highest BCUT2D eigenvalue weighted by Gasteiger charge is 2.52. The molecule has 1 spiro atoms. The predicted molar refractivity (Wildman–Crippen MR) is 129 cm³/mol. The molecule has 180 valence electrons. The van der Waals surface area contributed by atoms with Crippen molar-refractivity contribution in [3.05, 3.63) is 59.3 Å². The molecular formula is C26H30F3N5. The Hall–Kier alpha value is -2.87. The van der Waals surface area contributed by atoms with Crippen LogP contribution in [0.25, 0.3) is 10.8 Å². The van der Waals surface area contributed by atoms with Crippen LogP contribution in [0.2, 0.25) is 0 Å². The molecule has 2 aromatic carbocycles. The smallest absolute Gasteiger partial charge is 0.370 e. The summed E-state index contributed by atoms with van der Waals surface area (Å²) in [6.07, 6.45) is -0.169. The fourth-order valence-electron chi connectivity index (χ4n) is 5.59. The van der Waals surface area contributed by atoms with Crippen molar-refractivity contribution in [3.8, 4) is 0 Å². The van der Waals surface area contributed by atoms with Crippen LogP contribution in [0.15, 0.2) is 42.6 Å². The minimum atomic E-state index is -4.38. The van der Waals surface area contributed by atoms with Gasteiger partial charge in [-0.25, -0.2) is 0 Å². The van der Waals surface area contributed by atoms with Crippen molar-refractivity contribution >= 4 is 22.3 Å². The van der Waals surface area contributed by atoms with Crippen LogP contribution in [-0.2, 0) is 6.18 Å². The predicted octanol–water partition coefficient (Wildman–Crippen LogP) is 5.66. The van der Waals surface area contributed by atoms with Gasteiger partial charge in [0.2, 0.25) is 0 Å². The van der Waals surface area contributed by atoms with Gasteiger partial charge < -0.3 is 15.1 Å². The normalized spacial score (nSPS) is 18.8. The van der Waals surface area contributed by atoms with E-state index in [9.17, 15) is 13.2 Å². The Morgan fingerprint density at radius 3 is 2.56 bits per heavy atom. The molecule has 1 aliphatic carbocycles. The maximum Gasteiger partial charge on any atom is 0.416 e. The first-order valence-electron chi connectivity index (χ1n) is 11.7. The van der Waals surface area contributed by atoms with Crippen molar-refractivity contribution in [1.82, 2.24) is 15.1 Å². The zero-order valence-electron chi connectivity index (χ0n) is 19.9. The molecule has 1 unspecified atom stereocenters. The average molecular weight is 470 g/mol. The van der Waals surface area contributed by atoms with E-state index in [4.69, 9.17) is 0 Å². The molecule has 1 saturated carbocycles. The minimum Gasteiger partial charge on any atom is -0.370 e. The van der Waals surface area contributed by atoms with Gasteiger partial charge in [0.15, 0.2) is 5.82 Å². The molecule has 1 N–H and O–H groups in total. The Kier molecular flexibility index (Phi) is 5.47. The highest BCUT2D eigenvalue weighted by molar-refractivity contribution is 5.93. The molecule has 1 aromatic heterocycles. The van der Waals surface area contributed by atoms with E-state index < -0.39 is 11.7 Å². The van der Waals surface area contributed by atoms with E-state index in [0.717, 1.165) is 35.6 Å². The number of hydrogen-bond donors (Lipinski definition) is 1. The summed E-state index contributed by atoms with van der Waals surface area (Å²) in [5.74, 6) is 0.579. The Labute approximate surface area is 198 Å². The number of nitrogens with one attached hydrogen (secondary N) is 1. The van der Waals surface area contributed by atoms with Crippen LogP contribution in [-0.4, -0.2) is 48.3 Å². The molecule has 5 rings (SSSR count). The Morgan fingerprint density at radius 2 is 1.88 bits per heavy atom. The fourth-order valence-corrected chi connectivity index (χ4v) is 5.59. The van der Waals surface area contributed by atoms with Crippen LogP contribution in [0.5, 0.6) is 0 Å².